The molecule has 3 rings (SSSR count). The summed E-state index contributed by atoms with van der Waals surface area (Å²) in [5, 5.41) is 11.2. The van der Waals surface area contributed by atoms with Gasteiger partial charge in [0.2, 0.25) is 0 Å². The van der Waals surface area contributed by atoms with Gasteiger partial charge in [0.1, 0.15) is 0 Å². The van der Waals surface area contributed by atoms with Crippen molar-refractivity contribution in [3.05, 3.63) is 41.7 Å². The molecule has 0 bridgehead atoms. The third-order valence-corrected chi connectivity index (χ3v) is 3.47. The van der Waals surface area contributed by atoms with Crippen LogP contribution < -0.4 is 24.8 Å². The standard InChI is InChI=1S/C10H7N4.2ClH.Ti/c1-2-4-9-6-10(5-8(9)3-1)14-7-11-12-13-14;;;/h1-7H;2*1H;/q;;;+2/p-2. The monoisotopic (exact) mass is 301 g/mol. The average Bonchev–Trinajstić information content (AvgIpc) is 2.87. The van der Waals surface area contributed by atoms with Crippen molar-refractivity contribution in [1.29, 1.82) is 0 Å². The van der Waals surface area contributed by atoms with Crippen LogP contribution in [0.1, 0.15) is 15.3 Å². The molecule has 17 heavy (non-hydrogen) atoms. The molecule has 0 saturated carbocycles. The zero-order chi connectivity index (χ0) is 10.3. The molecule has 1 aliphatic carbocycles. The van der Waals surface area contributed by atoms with Crippen molar-refractivity contribution in [3.63, 3.8) is 0 Å². The fraction of sp³-hybridized carbons (Fsp3) is 0.100. The zero-order valence-electron chi connectivity index (χ0n) is 8.59. The SMILES string of the molecule is [Cl-].[Cl-].[Ti+2][CH]1C(n2cnnn2)=Cc2ccccc21. The Morgan fingerprint density at radius 1 is 1.18 bits per heavy atom. The second kappa shape index (κ2) is 5.78. The van der Waals surface area contributed by atoms with Gasteiger partial charge in [0.25, 0.3) is 0 Å². The van der Waals surface area contributed by atoms with Crippen molar-refractivity contribution in [2.45, 2.75) is 4.22 Å². The quantitative estimate of drug-likeness (QED) is 0.497. The number of aromatic nitrogens is 4. The Hall–Kier alpha value is -0.676. The van der Waals surface area contributed by atoms with Crippen molar-refractivity contribution in [3.8, 4) is 0 Å². The molecule has 4 nitrogen and oxygen atoms in total. The molecule has 0 spiro atoms. The Balaban J connectivity index is 0.000000722. The molecule has 1 heterocycles. The average molecular weight is 302 g/mol. The van der Waals surface area contributed by atoms with E-state index in [0.29, 0.717) is 4.22 Å². The maximum absolute atomic E-state index is 3.92. The number of hydrogen-bond donors (Lipinski definition) is 0. The van der Waals surface area contributed by atoms with Crippen molar-refractivity contribution in [1.82, 2.24) is 20.2 Å². The summed E-state index contributed by atoms with van der Waals surface area (Å²) in [5.41, 5.74) is 3.72. The van der Waals surface area contributed by atoms with Gasteiger partial charge in [-0.1, -0.05) is 0 Å². The Bertz CT molecular complexity index is 527. The number of nitrogens with zero attached hydrogens (tertiary/aromatic N) is 4. The molecular formula is C10H7Cl2N4Ti. The summed E-state index contributed by atoms with van der Waals surface area (Å²) < 4.78 is 2.08. The molecule has 1 aliphatic rings. The topological polar surface area (TPSA) is 43.6 Å². The van der Waals surface area contributed by atoms with Crippen LogP contribution >= 0.6 is 0 Å². The number of benzene rings is 1. The van der Waals surface area contributed by atoms with E-state index in [1.807, 2.05) is 6.07 Å². The van der Waals surface area contributed by atoms with E-state index in [0.717, 1.165) is 5.70 Å². The number of rotatable bonds is 1. The van der Waals surface area contributed by atoms with Gasteiger partial charge in [0.15, 0.2) is 0 Å². The first kappa shape index (κ1) is 14.4. The van der Waals surface area contributed by atoms with Gasteiger partial charge >= 0.3 is 98.4 Å². The van der Waals surface area contributed by atoms with Gasteiger partial charge in [-0.05, 0) is 0 Å². The summed E-state index contributed by atoms with van der Waals surface area (Å²) >= 11 is 2.17. The van der Waals surface area contributed by atoms with Gasteiger partial charge < -0.3 is 24.8 Å². The Morgan fingerprint density at radius 3 is 2.59 bits per heavy atom. The van der Waals surface area contributed by atoms with Gasteiger partial charge in [0, 0.05) is 0 Å². The summed E-state index contributed by atoms with van der Waals surface area (Å²) in [7, 11) is 0. The van der Waals surface area contributed by atoms with Crippen LogP contribution in [0.3, 0.4) is 0 Å². The molecular weight excluding hydrogens is 295 g/mol. The molecule has 0 radical (unpaired) electrons. The maximum atomic E-state index is 3.92. The first-order valence-electron chi connectivity index (χ1n) is 4.61. The van der Waals surface area contributed by atoms with Crippen LogP contribution in [-0.4, -0.2) is 20.2 Å². The molecule has 0 aliphatic heterocycles. The number of tetrazole rings is 1. The second-order valence-electron chi connectivity index (χ2n) is 3.39. The van der Waals surface area contributed by atoms with Gasteiger partial charge in [-0.3, -0.25) is 0 Å². The van der Waals surface area contributed by atoms with E-state index >= 15 is 0 Å². The first-order valence-corrected chi connectivity index (χ1v) is 5.51. The van der Waals surface area contributed by atoms with Gasteiger partial charge in [-0.2, -0.15) is 0 Å². The number of hydrogen-bond acceptors (Lipinski definition) is 3. The summed E-state index contributed by atoms with van der Waals surface area (Å²) in [4.78, 5) is 0. The van der Waals surface area contributed by atoms with E-state index < -0.39 is 0 Å². The molecule has 85 valence electrons. The first-order chi connectivity index (χ1) is 7.36. The molecule has 1 aromatic heterocycles. The van der Waals surface area contributed by atoms with E-state index in [9.17, 15) is 0 Å². The van der Waals surface area contributed by atoms with Crippen LogP contribution in [0, 0.1) is 0 Å². The molecule has 1 atom stereocenters. The fourth-order valence-electron chi connectivity index (χ4n) is 1.79. The van der Waals surface area contributed by atoms with Gasteiger partial charge in [-0.15, -0.1) is 0 Å². The molecule has 0 saturated heterocycles. The van der Waals surface area contributed by atoms with Crippen molar-refractivity contribution in [2.75, 3.05) is 0 Å². The van der Waals surface area contributed by atoms with Crippen LogP contribution in [-0.2, 0) is 20.4 Å². The Labute approximate surface area is 123 Å². The number of halogens is 2. The van der Waals surface area contributed by atoms with Crippen molar-refractivity contribution >= 4 is 11.8 Å². The van der Waals surface area contributed by atoms with Gasteiger partial charge in [-0.25, -0.2) is 0 Å². The van der Waals surface area contributed by atoms with E-state index in [4.69, 9.17) is 0 Å². The number of allylic oxidation sites excluding steroid dienone is 1. The van der Waals surface area contributed by atoms with Crippen molar-refractivity contribution in [2.24, 2.45) is 0 Å². The molecule has 1 unspecified atom stereocenters. The zero-order valence-corrected chi connectivity index (χ0v) is 11.7. The van der Waals surface area contributed by atoms with E-state index in [1.165, 1.54) is 11.1 Å². The third kappa shape index (κ3) is 2.45. The van der Waals surface area contributed by atoms with E-state index in [1.54, 1.807) is 11.0 Å². The van der Waals surface area contributed by atoms with E-state index in [-0.39, 0.29) is 24.8 Å². The summed E-state index contributed by atoms with van der Waals surface area (Å²) in [6, 6.07) is 8.37. The van der Waals surface area contributed by atoms with Crippen LogP contribution in [0.25, 0.3) is 11.8 Å². The molecule has 0 fully saturated rings. The molecule has 1 aromatic carbocycles. The molecule has 7 heteroatoms. The fourth-order valence-corrected chi connectivity index (χ4v) is 2.53. The predicted molar refractivity (Wildman–Crippen MR) is 51.2 cm³/mol. The normalized spacial score (nSPS) is 16.6. The summed E-state index contributed by atoms with van der Waals surface area (Å²) in [6.45, 7) is 0. The predicted octanol–water partition coefficient (Wildman–Crippen LogP) is -4.72. The van der Waals surface area contributed by atoms with Crippen LogP contribution in [0.4, 0.5) is 0 Å². The van der Waals surface area contributed by atoms with Crippen LogP contribution in [0.5, 0.6) is 0 Å². The Kier molecular flexibility index (Phi) is 4.89. The summed E-state index contributed by atoms with van der Waals surface area (Å²) in [5.74, 6) is 0. The van der Waals surface area contributed by atoms with E-state index in [2.05, 4.69) is 60.2 Å². The van der Waals surface area contributed by atoms with Crippen LogP contribution in [0.2, 0.25) is 0 Å². The minimum absolute atomic E-state index is 0. The molecule has 0 N–H and O–H groups in total. The second-order valence-corrected chi connectivity index (χ2v) is 4.29. The molecule has 0 amide bonds. The third-order valence-electron chi connectivity index (χ3n) is 2.52. The Morgan fingerprint density at radius 2 is 1.94 bits per heavy atom. The van der Waals surface area contributed by atoms with Crippen LogP contribution in [0.15, 0.2) is 30.6 Å². The minimum atomic E-state index is 0. The molecule has 2 aromatic rings. The number of fused-ring (bicyclic) bond motifs is 1. The van der Waals surface area contributed by atoms with Crippen molar-refractivity contribution < 1.29 is 45.2 Å². The summed E-state index contributed by atoms with van der Waals surface area (Å²) in [6.07, 6.45) is 3.77. The van der Waals surface area contributed by atoms with Gasteiger partial charge in [0.05, 0.1) is 0 Å².